The standard InChI is InChI=1S/C24H32N4O/c1-19(29)16-27-14-11-20(12-15-27)17-26(2)18-22-24(21-8-4-3-5-9-21)25-23-10-6-7-13-28(22)23/h3-10,13,19-20,29H,11-12,14-18H2,1-2H3/t19-/m1/s1. The Morgan fingerprint density at radius 1 is 1.10 bits per heavy atom. The molecule has 3 aromatic rings. The number of hydrogen-bond acceptors (Lipinski definition) is 4. The van der Waals surface area contributed by atoms with Crippen LogP contribution in [0.5, 0.6) is 0 Å². The zero-order chi connectivity index (χ0) is 20.2. The van der Waals surface area contributed by atoms with Crippen LogP contribution < -0.4 is 0 Å². The quantitative estimate of drug-likeness (QED) is 0.668. The molecule has 1 fully saturated rings. The molecule has 154 valence electrons. The highest BCUT2D eigenvalue weighted by Crippen LogP contribution is 2.26. The van der Waals surface area contributed by atoms with Crippen LogP contribution in [-0.2, 0) is 6.54 Å². The highest BCUT2D eigenvalue weighted by molar-refractivity contribution is 5.66. The van der Waals surface area contributed by atoms with E-state index in [2.05, 4.69) is 69.9 Å². The zero-order valence-electron chi connectivity index (χ0n) is 17.5. The molecule has 1 aromatic carbocycles. The van der Waals surface area contributed by atoms with Gasteiger partial charge in [0.1, 0.15) is 5.65 Å². The molecule has 0 aliphatic carbocycles. The first-order valence-corrected chi connectivity index (χ1v) is 10.7. The molecule has 1 aliphatic heterocycles. The fourth-order valence-electron chi connectivity index (χ4n) is 4.51. The van der Waals surface area contributed by atoms with Crippen LogP contribution in [0.4, 0.5) is 0 Å². The number of aliphatic hydroxyl groups is 1. The fraction of sp³-hybridized carbons (Fsp3) is 0.458. The topological polar surface area (TPSA) is 44.0 Å². The van der Waals surface area contributed by atoms with Gasteiger partial charge < -0.3 is 19.3 Å². The lowest BCUT2D eigenvalue weighted by Crippen LogP contribution is -2.40. The first kappa shape index (κ1) is 20.1. The van der Waals surface area contributed by atoms with Crippen molar-refractivity contribution in [2.45, 2.75) is 32.4 Å². The molecule has 3 heterocycles. The van der Waals surface area contributed by atoms with E-state index < -0.39 is 0 Å². The van der Waals surface area contributed by atoms with E-state index in [1.807, 2.05) is 13.0 Å². The molecule has 5 heteroatoms. The molecular formula is C24H32N4O. The van der Waals surface area contributed by atoms with E-state index in [0.29, 0.717) is 5.92 Å². The second kappa shape index (κ2) is 9.08. The van der Waals surface area contributed by atoms with Crippen molar-refractivity contribution in [2.75, 3.05) is 33.2 Å². The van der Waals surface area contributed by atoms with Crippen molar-refractivity contribution in [3.05, 3.63) is 60.4 Å². The van der Waals surface area contributed by atoms with Gasteiger partial charge in [0.2, 0.25) is 0 Å². The van der Waals surface area contributed by atoms with Crippen LogP contribution in [-0.4, -0.2) is 63.6 Å². The molecule has 1 atom stereocenters. The van der Waals surface area contributed by atoms with Gasteiger partial charge in [-0.15, -0.1) is 0 Å². The summed E-state index contributed by atoms with van der Waals surface area (Å²) in [5, 5.41) is 9.61. The summed E-state index contributed by atoms with van der Waals surface area (Å²) in [6.07, 6.45) is 4.29. The minimum absolute atomic E-state index is 0.235. The molecule has 1 N–H and O–H groups in total. The maximum Gasteiger partial charge on any atom is 0.137 e. The van der Waals surface area contributed by atoms with E-state index in [0.717, 1.165) is 44.1 Å². The molecule has 29 heavy (non-hydrogen) atoms. The van der Waals surface area contributed by atoms with Crippen LogP contribution in [0.2, 0.25) is 0 Å². The van der Waals surface area contributed by atoms with E-state index in [9.17, 15) is 5.11 Å². The van der Waals surface area contributed by atoms with Gasteiger partial charge in [-0.3, -0.25) is 0 Å². The SMILES string of the molecule is C[C@@H](O)CN1CCC(CN(C)Cc2c(-c3ccccc3)nc3ccccn23)CC1. The van der Waals surface area contributed by atoms with Gasteiger partial charge in [-0.25, -0.2) is 4.98 Å². The number of likely N-dealkylation sites (tertiary alicyclic amines) is 1. The van der Waals surface area contributed by atoms with Gasteiger partial charge in [0.25, 0.3) is 0 Å². The van der Waals surface area contributed by atoms with Crippen molar-refractivity contribution < 1.29 is 5.11 Å². The van der Waals surface area contributed by atoms with E-state index in [-0.39, 0.29) is 6.10 Å². The molecule has 0 unspecified atom stereocenters. The van der Waals surface area contributed by atoms with Gasteiger partial charge in [-0.05, 0) is 58.0 Å². The molecular weight excluding hydrogens is 360 g/mol. The molecule has 0 bridgehead atoms. The molecule has 0 saturated carbocycles. The monoisotopic (exact) mass is 392 g/mol. The predicted molar refractivity (Wildman–Crippen MR) is 118 cm³/mol. The number of fused-ring (bicyclic) bond motifs is 1. The molecule has 0 spiro atoms. The number of β-amino-alcohol motifs (C(OH)–C–C–N with tert-alkyl or cyclic N) is 1. The number of benzene rings is 1. The van der Waals surface area contributed by atoms with Crippen LogP contribution >= 0.6 is 0 Å². The normalized spacial score (nSPS) is 17.2. The Morgan fingerprint density at radius 2 is 1.83 bits per heavy atom. The minimum Gasteiger partial charge on any atom is -0.392 e. The lowest BCUT2D eigenvalue weighted by atomic mass is 9.96. The molecule has 1 saturated heterocycles. The van der Waals surface area contributed by atoms with Crippen LogP contribution in [0, 0.1) is 5.92 Å². The summed E-state index contributed by atoms with van der Waals surface area (Å²) in [4.78, 5) is 9.76. The largest absolute Gasteiger partial charge is 0.392 e. The van der Waals surface area contributed by atoms with Crippen molar-refractivity contribution in [1.29, 1.82) is 0 Å². The number of pyridine rings is 1. The number of aliphatic hydroxyl groups excluding tert-OH is 1. The van der Waals surface area contributed by atoms with Gasteiger partial charge >= 0.3 is 0 Å². The van der Waals surface area contributed by atoms with Gasteiger partial charge in [-0.2, -0.15) is 0 Å². The Morgan fingerprint density at radius 3 is 2.55 bits per heavy atom. The third-order valence-electron chi connectivity index (χ3n) is 5.90. The summed E-state index contributed by atoms with van der Waals surface area (Å²) >= 11 is 0. The number of aromatic nitrogens is 2. The van der Waals surface area contributed by atoms with Gasteiger partial charge in [0, 0.05) is 31.4 Å². The highest BCUT2D eigenvalue weighted by Gasteiger charge is 2.22. The summed E-state index contributed by atoms with van der Waals surface area (Å²) in [6, 6.07) is 16.7. The van der Waals surface area contributed by atoms with Crippen LogP contribution in [0.1, 0.15) is 25.5 Å². The van der Waals surface area contributed by atoms with Crippen LogP contribution in [0.25, 0.3) is 16.9 Å². The third kappa shape index (κ3) is 4.86. The van der Waals surface area contributed by atoms with Crippen molar-refractivity contribution in [1.82, 2.24) is 19.2 Å². The smallest absolute Gasteiger partial charge is 0.137 e. The number of rotatable bonds is 7. The summed E-state index contributed by atoms with van der Waals surface area (Å²) in [7, 11) is 2.22. The van der Waals surface area contributed by atoms with Gasteiger partial charge in [0.15, 0.2) is 0 Å². The summed E-state index contributed by atoms with van der Waals surface area (Å²) in [5.74, 6) is 0.713. The second-order valence-electron chi connectivity index (χ2n) is 8.49. The lowest BCUT2D eigenvalue weighted by molar-refractivity contribution is 0.0918. The van der Waals surface area contributed by atoms with Crippen LogP contribution in [0.3, 0.4) is 0 Å². The predicted octanol–water partition coefficient (Wildman–Crippen LogP) is 3.53. The molecule has 4 rings (SSSR count). The second-order valence-corrected chi connectivity index (χ2v) is 8.49. The molecule has 5 nitrogen and oxygen atoms in total. The molecule has 0 amide bonds. The maximum atomic E-state index is 9.61. The first-order chi connectivity index (χ1) is 14.1. The summed E-state index contributed by atoms with van der Waals surface area (Å²) < 4.78 is 2.23. The lowest BCUT2D eigenvalue weighted by Gasteiger charge is -2.34. The van der Waals surface area contributed by atoms with Crippen LogP contribution in [0.15, 0.2) is 54.7 Å². The Labute approximate surface area is 173 Å². The van der Waals surface area contributed by atoms with Crippen molar-refractivity contribution >= 4 is 5.65 Å². The van der Waals surface area contributed by atoms with Gasteiger partial charge in [-0.1, -0.05) is 36.4 Å². The van der Waals surface area contributed by atoms with Crippen molar-refractivity contribution in [3.8, 4) is 11.3 Å². The highest BCUT2D eigenvalue weighted by atomic mass is 16.3. The summed E-state index contributed by atoms with van der Waals surface area (Å²) in [6.45, 7) is 6.83. The Balaban J connectivity index is 1.46. The van der Waals surface area contributed by atoms with E-state index in [1.54, 1.807) is 0 Å². The number of imidazole rings is 1. The summed E-state index contributed by atoms with van der Waals surface area (Å²) in [5.41, 5.74) is 4.50. The number of hydrogen-bond donors (Lipinski definition) is 1. The average Bonchev–Trinajstić information content (AvgIpc) is 3.08. The Hall–Kier alpha value is -2.21. The van der Waals surface area contributed by atoms with Crippen molar-refractivity contribution in [3.63, 3.8) is 0 Å². The average molecular weight is 393 g/mol. The van der Waals surface area contributed by atoms with E-state index in [1.165, 1.54) is 24.1 Å². The Kier molecular flexibility index (Phi) is 6.28. The number of piperidine rings is 1. The fourth-order valence-corrected chi connectivity index (χ4v) is 4.51. The minimum atomic E-state index is -0.235. The maximum absolute atomic E-state index is 9.61. The van der Waals surface area contributed by atoms with Crippen molar-refractivity contribution in [2.24, 2.45) is 5.92 Å². The molecule has 0 radical (unpaired) electrons. The first-order valence-electron chi connectivity index (χ1n) is 10.7. The van der Waals surface area contributed by atoms with E-state index >= 15 is 0 Å². The third-order valence-corrected chi connectivity index (χ3v) is 5.90. The van der Waals surface area contributed by atoms with Gasteiger partial charge in [0.05, 0.1) is 17.5 Å². The Bertz CT molecular complexity index is 913. The molecule has 1 aliphatic rings. The number of nitrogens with zero attached hydrogens (tertiary/aromatic N) is 4. The zero-order valence-corrected chi connectivity index (χ0v) is 17.5. The molecule has 2 aromatic heterocycles. The van der Waals surface area contributed by atoms with E-state index in [4.69, 9.17) is 4.98 Å².